The quantitative estimate of drug-likeness (QED) is 0.722. The van der Waals surface area contributed by atoms with Crippen molar-refractivity contribution in [3.63, 3.8) is 0 Å². The molecule has 23 heavy (non-hydrogen) atoms. The van der Waals surface area contributed by atoms with E-state index in [9.17, 15) is 5.11 Å². The van der Waals surface area contributed by atoms with Crippen LogP contribution in [0, 0.1) is 5.92 Å². The summed E-state index contributed by atoms with van der Waals surface area (Å²) in [4.78, 5) is 4.49. The Labute approximate surface area is 143 Å². The van der Waals surface area contributed by atoms with Crippen LogP contribution in [0.4, 0.5) is 0 Å². The van der Waals surface area contributed by atoms with Crippen molar-refractivity contribution in [3.8, 4) is 0 Å². The highest BCUT2D eigenvalue weighted by atomic mass is 35.5. The summed E-state index contributed by atoms with van der Waals surface area (Å²) in [6.07, 6.45) is 3.47. The summed E-state index contributed by atoms with van der Waals surface area (Å²) in [6, 6.07) is 2.27. The molecule has 0 saturated carbocycles. The van der Waals surface area contributed by atoms with E-state index in [1.165, 1.54) is 0 Å². The van der Waals surface area contributed by atoms with E-state index in [2.05, 4.69) is 43.1 Å². The number of hydrogen-bond acceptors (Lipinski definition) is 4. The summed E-state index contributed by atoms with van der Waals surface area (Å²) in [5.41, 5.74) is 1.74. The van der Waals surface area contributed by atoms with Crippen molar-refractivity contribution >= 4 is 22.6 Å². The van der Waals surface area contributed by atoms with Gasteiger partial charge < -0.3 is 10.4 Å². The lowest BCUT2D eigenvalue weighted by atomic mass is 9.96. The topological polar surface area (TPSA) is 63.0 Å². The maximum Gasteiger partial charge on any atom is 0.159 e. The summed E-state index contributed by atoms with van der Waals surface area (Å²) >= 11 is 6.31. The minimum atomic E-state index is -0.329. The predicted molar refractivity (Wildman–Crippen MR) is 94.7 cm³/mol. The zero-order valence-corrected chi connectivity index (χ0v) is 15.1. The van der Waals surface area contributed by atoms with Crippen molar-refractivity contribution < 1.29 is 5.11 Å². The van der Waals surface area contributed by atoms with E-state index in [4.69, 9.17) is 11.6 Å². The maximum atomic E-state index is 10.2. The van der Waals surface area contributed by atoms with Gasteiger partial charge in [-0.25, -0.2) is 9.67 Å². The summed E-state index contributed by atoms with van der Waals surface area (Å²) in [6.45, 7) is 9.50. The first kappa shape index (κ1) is 18.2. The maximum absolute atomic E-state index is 10.2. The average Bonchev–Trinajstić information content (AvgIpc) is 2.91. The van der Waals surface area contributed by atoms with Crippen molar-refractivity contribution in [2.75, 3.05) is 6.54 Å². The van der Waals surface area contributed by atoms with E-state index in [1.54, 1.807) is 0 Å². The Morgan fingerprint density at radius 2 is 2.00 bits per heavy atom. The summed E-state index contributed by atoms with van der Waals surface area (Å²) in [5.74, 6) is 0.336. The normalized spacial score (nSPS) is 13.4. The number of aliphatic hydroxyl groups excluding tert-OH is 1. The van der Waals surface area contributed by atoms with Crippen LogP contribution in [0.3, 0.4) is 0 Å². The summed E-state index contributed by atoms with van der Waals surface area (Å²) in [5, 5.41) is 19.3. The molecule has 0 aliphatic rings. The number of fused-ring (bicyclic) bond motifs is 1. The van der Waals surface area contributed by atoms with Gasteiger partial charge in [0.05, 0.1) is 12.3 Å². The molecule has 6 heteroatoms. The molecule has 0 fully saturated rings. The first-order valence-corrected chi connectivity index (χ1v) is 8.77. The number of aromatic nitrogens is 3. The molecular weight excluding hydrogens is 312 g/mol. The molecule has 1 atom stereocenters. The molecule has 2 N–H and O–H groups in total. The van der Waals surface area contributed by atoms with E-state index < -0.39 is 0 Å². The van der Waals surface area contributed by atoms with E-state index in [0.29, 0.717) is 24.2 Å². The van der Waals surface area contributed by atoms with Crippen LogP contribution in [0.1, 0.15) is 52.1 Å². The Balaban J connectivity index is 2.05. The van der Waals surface area contributed by atoms with Crippen molar-refractivity contribution in [2.45, 2.75) is 59.2 Å². The average molecular weight is 339 g/mol. The van der Waals surface area contributed by atoms with Gasteiger partial charge in [-0.1, -0.05) is 38.3 Å². The summed E-state index contributed by atoms with van der Waals surface area (Å²) in [7, 11) is 0. The van der Waals surface area contributed by atoms with Crippen LogP contribution in [0.5, 0.6) is 0 Å². The molecule has 0 aliphatic carbocycles. The van der Waals surface area contributed by atoms with Crippen LogP contribution in [-0.4, -0.2) is 32.5 Å². The Kier molecular flexibility index (Phi) is 6.39. The van der Waals surface area contributed by atoms with Gasteiger partial charge in [-0.2, -0.15) is 5.10 Å². The molecule has 2 aromatic rings. The molecule has 2 rings (SSSR count). The Hall–Kier alpha value is -1.17. The third-order valence-electron chi connectivity index (χ3n) is 4.35. The number of pyridine rings is 1. The molecule has 2 heterocycles. The van der Waals surface area contributed by atoms with Gasteiger partial charge in [0.2, 0.25) is 0 Å². The second-order valence-electron chi connectivity index (χ2n) is 6.31. The van der Waals surface area contributed by atoms with Crippen LogP contribution in [0.15, 0.2) is 12.3 Å². The summed E-state index contributed by atoms with van der Waals surface area (Å²) < 4.78 is 1.87. The lowest BCUT2D eigenvalue weighted by Crippen LogP contribution is -2.32. The monoisotopic (exact) mass is 338 g/mol. The van der Waals surface area contributed by atoms with Gasteiger partial charge in [-0.3, -0.25) is 0 Å². The molecule has 0 aromatic carbocycles. The zero-order valence-electron chi connectivity index (χ0n) is 14.4. The van der Waals surface area contributed by atoms with Crippen LogP contribution in [0.2, 0.25) is 5.15 Å². The van der Waals surface area contributed by atoms with Crippen molar-refractivity contribution in [1.29, 1.82) is 0 Å². The van der Waals surface area contributed by atoms with Crippen molar-refractivity contribution in [3.05, 3.63) is 23.0 Å². The van der Waals surface area contributed by atoms with Gasteiger partial charge in [-0.05, 0) is 25.8 Å². The first-order valence-electron chi connectivity index (χ1n) is 8.39. The second kappa shape index (κ2) is 8.08. The molecule has 0 saturated heterocycles. The number of hydrogen-bond donors (Lipinski definition) is 2. The molecule has 0 spiro atoms. The van der Waals surface area contributed by atoms with Gasteiger partial charge in [-0.15, -0.1) is 0 Å². The number of halogens is 1. The molecule has 0 radical (unpaired) electrons. The van der Waals surface area contributed by atoms with E-state index in [-0.39, 0.29) is 12.1 Å². The fraction of sp³-hybridized carbons (Fsp3) is 0.647. The third kappa shape index (κ3) is 4.22. The SMILES string of the molecule is CCC(CC)C(O)CNCc1cc2cnn(C(C)C)c2nc1Cl. The third-order valence-corrected chi connectivity index (χ3v) is 4.67. The smallest absolute Gasteiger partial charge is 0.159 e. The molecule has 0 aliphatic heterocycles. The molecule has 1 unspecified atom stereocenters. The van der Waals surface area contributed by atoms with Gasteiger partial charge >= 0.3 is 0 Å². The minimum Gasteiger partial charge on any atom is -0.392 e. The first-order chi connectivity index (χ1) is 11.0. The molecule has 128 valence electrons. The highest BCUT2D eigenvalue weighted by molar-refractivity contribution is 6.30. The minimum absolute atomic E-state index is 0.246. The molecule has 2 aromatic heterocycles. The standard InChI is InChI=1S/C17H27ClN4O/c1-5-12(6-2)15(23)10-19-8-13-7-14-9-20-22(11(3)4)17(14)21-16(13)18/h7,9,11-12,15,19,23H,5-6,8,10H2,1-4H3. The van der Waals surface area contributed by atoms with Crippen molar-refractivity contribution in [2.24, 2.45) is 5.92 Å². The number of nitrogens with zero attached hydrogens (tertiary/aromatic N) is 3. The zero-order chi connectivity index (χ0) is 17.0. The van der Waals surface area contributed by atoms with Crippen molar-refractivity contribution in [1.82, 2.24) is 20.1 Å². The molecule has 0 amide bonds. The highest BCUT2D eigenvalue weighted by Crippen LogP contribution is 2.22. The van der Waals surface area contributed by atoms with Gasteiger partial charge in [0, 0.05) is 30.1 Å². The number of nitrogens with one attached hydrogen (secondary N) is 1. The van der Waals surface area contributed by atoms with Crippen LogP contribution >= 0.6 is 11.6 Å². The predicted octanol–water partition coefficient (Wildman–Crippen LogP) is 3.55. The Morgan fingerprint density at radius 1 is 1.30 bits per heavy atom. The fourth-order valence-electron chi connectivity index (χ4n) is 2.85. The largest absolute Gasteiger partial charge is 0.392 e. The highest BCUT2D eigenvalue weighted by Gasteiger charge is 2.16. The van der Waals surface area contributed by atoms with E-state index >= 15 is 0 Å². The van der Waals surface area contributed by atoms with E-state index in [0.717, 1.165) is 29.4 Å². The second-order valence-corrected chi connectivity index (χ2v) is 6.67. The number of aliphatic hydroxyl groups is 1. The molecular formula is C17H27ClN4O. The Morgan fingerprint density at radius 3 is 2.61 bits per heavy atom. The van der Waals surface area contributed by atoms with Crippen LogP contribution < -0.4 is 5.32 Å². The van der Waals surface area contributed by atoms with Crippen LogP contribution in [0.25, 0.3) is 11.0 Å². The van der Waals surface area contributed by atoms with Gasteiger partial charge in [0.15, 0.2) is 5.65 Å². The van der Waals surface area contributed by atoms with Gasteiger partial charge in [0.25, 0.3) is 0 Å². The van der Waals surface area contributed by atoms with Crippen LogP contribution in [-0.2, 0) is 6.54 Å². The van der Waals surface area contributed by atoms with Gasteiger partial charge in [0.1, 0.15) is 5.15 Å². The fourth-order valence-corrected chi connectivity index (χ4v) is 3.06. The Bertz CT molecular complexity index is 637. The molecule has 5 nitrogen and oxygen atoms in total. The van der Waals surface area contributed by atoms with E-state index in [1.807, 2.05) is 16.9 Å². The molecule has 0 bridgehead atoms. The lowest BCUT2D eigenvalue weighted by Gasteiger charge is -2.20. The lowest BCUT2D eigenvalue weighted by molar-refractivity contribution is 0.101. The number of rotatable bonds is 8.